The van der Waals surface area contributed by atoms with Gasteiger partial charge in [-0.3, -0.25) is 4.90 Å². The first-order valence-corrected chi connectivity index (χ1v) is 13.5. The zero-order chi connectivity index (χ0) is 26.2. The van der Waals surface area contributed by atoms with Gasteiger partial charge in [0.2, 0.25) is 0 Å². The van der Waals surface area contributed by atoms with Crippen LogP contribution in [0.1, 0.15) is 37.8 Å². The third-order valence-corrected chi connectivity index (χ3v) is 6.97. The van der Waals surface area contributed by atoms with Crippen molar-refractivity contribution < 1.29 is 4.79 Å². The summed E-state index contributed by atoms with van der Waals surface area (Å²) in [4.78, 5) is 19.2. The molecule has 6 nitrogen and oxygen atoms in total. The van der Waals surface area contributed by atoms with Crippen LogP contribution in [0.3, 0.4) is 0 Å². The molecule has 0 bridgehead atoms. The Morgan fingerprint density at radius 1 is 1.05 bits per heavy atom. The summed E-state index contributed by atoms with van der Waals surface area (Å²) in [6.07, 6.45) is 4.01. The van der Waals surface area contributed by atoms with Gasteiger partial charge in [-0.25, -0.2) is 9.78 Å². The van der Waals surface area contributed by atoms with Crippen LogP contribution in [0.2, 0.25) is 0 Å². The van der Waals surface area contributed by atoms with Crippen LogP contribution in [-0.4, -0.2) is 35.5 Å². The maximum absolute atomic E-state index is 12.4. The molecule has 7 heteroatoms. The molecule has 4 N–H and O–H groups in total. The van der Waals surface area contributed by atoms with E-state index in [-0.39, 0.29) is 6.03 Å². The number of nitrogen functional groups attached to an aromatic ring is 1. The van der Waals surface area contributed by atoms with Crippen LogP contribution in [0, 0.1) is 18.8 Å². The minimum absolute atomic E-state index is 0.285. The number of pyridine rings is 1. The van der Waals surface area contributed by atoms with E-state index in [1.54, 1.807) is 17.5 Å². The topological polar surface area (TPSA) is 83.3 Å². The van der Waals surface area contributed by atoms with E-state index >= 15 is 0 Å². The molecule has 0 spiro atoms. The molecule has 2 heterocycles. The van der Waals surface area contributed by atoms with Crippen molar-refractivity contribution in [2.75, 3.05) is 36.0 Å². The van der Waals surface area contributed by atoms with Gasteiger partial charge in [0.15, 0.2) is 0 Å². The quantitative estimate of drug-likeness (QED) is 0.223. The second-order valence-electron chi connectivity index (χ2n) is 9.01. The Hall–Kier alpha value is -3.86. The SMILES string of the molecule is CCCN(CC#Cc1cnc(N)c2c(-c3ccc(NC(=O)Nc4cccc(C)c4)cc3)csc12)CCC. The first-order valence-electron chi connectivity index (χ1n) is 12.6. The first-order chi connectivity index (χ1) is 18.0. The first kappa shape index (κ1) is 26.2. The molecule has 0 aliphatic heterocycles. The van der Waals surface area contributed by atoms with Crippen LogP contribution >= 0.6 is 11.3 Å². The van der Waals surface area contributed by atoms with Crippen LogP contribution < -0.4 is 16.4 Å². The molecule has 0 fully saturated rings. The van der Waals surface area contributed by atoms with E-state index in [0.717, 1.165) is 70.5 Å². The standard InChI is InChI=1S/C30H33N5OS/c1-4-15-35(16-5-2)17-7-9-23-19-32-29(31)27-26(20-37-28(23)27)22-11-13-24(14-12-22)33-30(36)34-25-10-6-8-21(3)18-25/h6,8,10-14,18-20H,4-5,15-17H2,1-3H3,(H2,31,32)(H2,33,34,36). The highest BCUT2D eigenvalue weighted by atomic mass is 32.1. The molecule has 190 valence electrons. The highest BCUT2D eigenvalue weighted by molar-refractivity contribution is 7.18. The van der Waals surface area contributed by atoms with Crippen LogP contribution in [0.4, 0.5) is 22.0 Å². The molecule has 2 amide bonds. The fraction of sp³-hybridized carbons (Fsp3) is 0.267. The number of fused-ring (bicyclic) bond motifs is 1. The Morgan fingerprint density at radius 2 is 1.78 bits per heavy atom. The van der Waals surface area contributed by atoms with Crippen molar-refractivity contribution in [3.63, 3.8) is 0 Å². The molecule has 37 heavy (non-hydrogen) atoms. The van der Waals surface area contributed by atoms with Gasteiger partial charge in [0, 0.05) is 28.5 Å². The predicted molar refractivity (Wildman–Crippen MR) is 157 cm³/mol. The van der Waals surface area contributed by atoms with Crippen molar-refractivity contribution in [3.05, 3.63) is 71.2 Å². The summed E-state index contributed by atoms with van der Waals surface area (Å²) in [6.45, 7) is 9.23. The molecule has 0 unspecified atom stereocenters. The molecule has 0 radical (unpaired) electrons. The van der Waals surface area contributed by atoms with E-state index in [2.05, 4.69) is 51.6 Å². The number of nitrogens with one attached hydrogen (secondary N) is 2. The number of hydrogen-bond donors (Lipinski definition) is 3. The van der Waals surface area contributed by atoms with Crippen LogP contribution in [0.15, 0.2) is 60.1 Å². The van der Waals surface area contributed by atoms with Gasteiger partial charge in [-0.15, -0.1) is 11.3 Å². The Morgan fingerprint density at radius 3 is 2.49 bits per heavy atom. The van der Waals surface area contributed by atoms with Gasteiger partial charge in [0.1, 0.15) is 5.82 Å². The number of nitrogens with two attached hydrogens (primary N) is 1. The highest BCUT2D eigenvalue weighted by Crippen LogP contribution is 2.38. The lowest BCUT2D eigenvalue weighted by molar-refractivity contribution is 0.262. The van der Waals surface area contributed by atoms with Gasteiger partial charge < -0.3 is 16.4 Å². The van der Waals surface area contributed by atoms with Gasteiger partial charge >= 0.3 is 6.03 Å². The molecule has 2 aromatic carbocycles. The lowest BCUT2D eigenvalue weighted by atomic mass is 10.0. The summed E-state index contributed by atoms with van der Waals surface area (Å²) in [5.41, 5.74) is 11.8. The zero-order valence-electron chi connectivity index (χ0n) is 21.6. The number of carbonyl (C=O) groups excluding carboxylic acids is 1. The van der Waals surface area contributed by atoms with Gasteiger partial charge in [0.05, 0.1) is 16.8 Å². The molecular weight excluding hydrogens is 478 g/mol. The number of aryl methyl sites for hydroxylation is 1. The van der Waals surface area contributed by atoms with E-state index < -0.39 is 0 Å². The van der Waals surface area contributed by atoms with E-state index in [1.807, 2.05) is 55.5 Å². The average molecular weight is 512 g/mol. The second-order valence-corrected chi connectivity index (χ2v) is 9.89. The average Bonchev–Trinajstić information content (AvgIpc) is 3.32. The van der Waals surface area contributed by atoms with Crippen LogP contribution in [-0.2, 0) is 0 Å². The second kappa shape index (κ2) is 12.4. The summed E-state index contributed by atoms with van der Waals surface area (Å²) in [5.74, 6) is 7.16. The lowest BCUT2D eigenvalue weighted by Crippen LogP contribution is -2.25. The number of carbonyl (C=O) groups is 1. The summed E-state index contributed by atoms with van der Waals surface area (Å²) in [5, 5.41) is 8.77. The minimum atomic E-state index is -0.285. The Labute approximate surface area is 222 Å². The van der Waals surface area contributed by atoms with Crippen molar-refractivity contribution in [1.29, 1.82) is 0 Å². The maximum atomic E-state index is 12.4. The Balaban J connectivity index is 1.51. The number of urea groups is 1. The smallest absolute Gasteiger partial charge is 0.323 e. The normalized spacial score (nSPS) is 10.8. The van der Waals surface area contributed by atoms with E-state index in [1.165, 1.54) is 0 Å². The molecule has 4 rings (SSSR count). The third kappa shape index (κ3) is 6.67. The zero-order valence-corrected chi connectivity index (χ0v) is 22.4. The van der Waals surface area contributed by atoms with Gasteiger partial charge in [-0.1, -0.05) is 50.0 Å². The lowest BCUT2D eigenvalue weighted by Gasteiger charge is -2.17. The summed E-state index contributed by atoms with van der Waals surface area (Å²) in [6, 6.07) is 15.1. The molecule has 0 saturated heterocycles. The number of aromatic nitrogens is 1. The molecule has 0 atom stereocenters. The van der Waals surface area contributed by atoms with E-state index in [0.29, 0.717) is 11.5 Å². The number of hydrogen-bond acceptors (Lipinski definition) is 5. The number of thiophene rings is 1. The van der Waals surface area contributed by atoms with E-state index in [4.69, 9.17) is 5.73 Å². The number of anilines is 3. The number of benzene rings is 2. The van der Waals surface area contributed by atoms with Crippen molar-refractivity contribution >= 4 is 44.6 Å². The number of rotatable bonds is 8. The summed E-state index contributed by atoms with van der Waals surface area (Å²) in [7, 11) is 0. The Kier molecular flexibility index (Phi) is 8.78. The number of amides is 2. The molecule has 2 aromatic heterocycles. The van der Waals surface area contributed by atoms with Crippen LogP contribution in [0.25, 0.3) is 21.2 Å². The fourth-order valence-corrected chi connectivity index (χ4v) is 5.32. The third-order valence-electron chi connectivity index (χ3n) is 5.96. The molecule has 0 aliphatic rings. The van der Waals surface area contributed by atoms with Gasteiger partial charge in [-0.05, 0) is 73.6 Å². The highest BCUT2D eigenvalue weighted by Gasteiger charge is 2.14. The Bertz CT molecular complexity index is 1430. The summed E-state index contributed by atoms with van der Waals surface area (Å²) >= 11 is 1.63. The van der Waals surface area contributed by atoms with E-state index in [9.17, 15) is 4.79 Å². The molecular formula is C30H33N5OS. The largest absolute Gasteiger partial charge is 0.383 e. The van der Waals surface area contributed by atoms with Crippen LogP contribution in [0.5, 0.6) is 0 Å². The van der Waals surface area contributed by atoms with Gasteiger partial charge in [0.25, 0.3) is 0 Å². The minimum Gasteiger partial charge on any atom is -0.383 e. The molecule has 0 saturated carbocycles. The van der Waals surface area contributed by atoms with Crippen molar-refractivity contribution in [3.8, 4) is 23.0 Å². The van der Waals surface area contributed by atoms with Crippen molar-refractivity contribution in [2.45, 2.75) is 33.6 Å². The van der Waals surface area contributed by atoms with Crippen molar-refractivity contribution in [1.82, 2.24) is 9.88 Å². The fourth-order valence-electron chi connectivity index (χ4n) is 4.27. The molecule has 0 aliphatic carbocycles. The van der Waals surface area contributed by atoms with Gasteiger partial charge in [-0.2, -0.15) is 0 Å². The maximum Gasteiger partial charge on any atom is 0.323 e. The number of nitrogens with zero attached hydrogens (tertiary/aromatic N) is 2. The molecule has 4 aromatic rings. The van der Waals surface area contributed by atoms with Crippen molar-refractivity contribution in [2.24, 2.45) is 0 Å². The monoisotopic (exact) mass is 511 g/mol. The summed E-state index contributed by atoms with van der Waals surface area (Å²) < 4.78 is 1.05. The predicted octanol–water partition coefficient (Wildman–Crippen LogP) is 6.97.